The Bertz CT molecular complexity index is 920. The van der Waals surface area contributed by atoms with Gasteiger partial charge in [-0.2, -0.15) is 0 Å². The molecule has 0 amide bonds. The number of hydrogen-bond donors (Lipinski definition) is 3. The maximum Gasteiger partial charge on any atom is 0.203 e. The monoisotopic (exact) mass is 402 g/mol. The van der Waals surface area contributed by atoms with E-state index in [1.165, 1.54) is 27.4 Å². The number of hydrogen-bond acceptors (Lipinski definition) is 7. The fourth-order valence-corrected chi connectivity index (χ4v) is 3.79. The molecule has 7 nitrogen and oxygen atoms in total. The quantitative estimate of drug-likeness (QED) is 0.676. The summed E-state index contributed by atoms with van der Waals surface area (Å²) >= 11 is 0. The van der Waals surface area contributed by atoms with Crippen molar-refractivity contribution in [3.8, 4) is 39.9 Å². The smallest absolute Gasteiger partial charge is 0.203 e. The number of phenols is 3. The predicted octanol–water partition coefficient (Wildman–Crippen LogP) is 3.34. The first kappa shape index (κ1) is 20.8. The Morgan fingerprint density at radius 1 is 0.862 bits per heavy atom. The van der Waals surface area contributed by atoms with E-state index in [-0.39, 0.29) is 41.0 Å². The van der Waals surface area contributed by atoms with Crippen molar-refractivity contribution in [2.75, 3.05) is 21.3 Å². The third kappa shape index (κ3) is 3.96. The van der Waals surface area contributed by atoms with Crippen LogP contribution in [0.3, 0.4) is 0 Å². The van der Waals surface area contributed by atoms with E-state index in [9.17, 15) is 20.1 Å². The number of ether oxygens (including phenoxy) is 3. The van der Waals surface area contributed by atoms with Crippen LogP contribution in [-0.4, -0.2) is 48.5 Å². The van der Waals surface area contributed by atoms with Crippen molar-refractivity contribution >= 4 is 5.78 Å². The van der Waals surface area contributed by atoms with E-state index in [4.69, 9.17) is 14.2 Å². The third-order valence-corrected chi connectivity index (χ3v) is 5.32. The molecule has 0 aromatic heterocycles. The zero-order valence-corrected chi connectivity index (χ0v) is 16.8. The van der Waals surface area contributed by atoms with Crippen molar-refractivity contribution in [2.24, 2.45) is 0 Å². The molecule has 7 heteroatoms. The van der Waals surface area contributed by atoms with E-state index in [1.54, 1.807) is 12.1 Å². The lowest BCUT2D eigenvalue weighted by molar-refractivity contribution is -0.128. The van der Waals surface area contributed by atoms with Crippen LogP contribution in [0, 0.1) is 0 Å². The number of methoxy groups -OCH3 is 3. The molecule has 0 saturated heterocycles. The third-order valence-electron chi connectivity index (χ3n) is 5.32. The Morgan fingerprint density at radius 2 is 1.55 bits per heavy atom. The Hall–Kier alpha value is -2.93. The number of benzene rings is 2. The van der Waals surface area contributed by atoms with Crippen molar-refractivity contribution in [1.29, 1.82) is 0 Å². The summed E-state index contributed by atoms with van der Waals surface area (Å²) in [7, 11) is 4.35. The summed E-state index contributed by atoms with van der Waals surface area (Å²) in [6, 6.07) is 4.83. The number of rotatable bonds is 3. The van der Waals surface area contributed by atoms with Crippen molar-refractivity contribution < 1.29 is 34.3 Å². The topological polar surface area (TPSA) is 105 Å². The van der Waals surface area contributed by atoms with Crippen molar-refractivity contribution in [2.45, 2.75) is 38.2 Å². The highest BCUT2D eigenvalue weighted by Gasteiger charge is 2.25. The Balaban J connectivity index is 2.28. The minimum absolute atomic E-state index is 0.0213. The SMILES string of the molecule is COc1c2cc(c(O)c1OC)CCCCC(=O)[C@@H](OC)Cc1cc(O)c(O)c-2c1. The van der Waals surface area contributed by atoms with E-state index >= 15 is 0 Å². The molecule has 3 N–H and O–H groups in total. The van der Waals surface area contributed by atoms with Crippen LogP contribution in [0.15, 0.2) is 18.2 Å². The Kier molecular flexibility index (Phi) is 6.17. The van der Waals surface area contributed by atoms with Gasteiger partial charge in [-0.25, -0.2) is 0 Å². The Morgan fingerprint density at radius 3 is 2.21 bits per heavy atom. The molecule has 0 radical (unpaired) electrons. The number of fused-ring (bicyclic) bond motifs is 5. The maximum absolute atomic E-state index is 12.5. The number of Topliss-reactive ketones (excluding diaryl/α,β-unsaturated/α-hetero) is 1. The fourth-order valence-electron chi connectivity index (χ4n) is 3.79. The van der Waals surface area contributed by atoms with Gasteiger partial charge in [-0.15, -0.1) is 0 Å². The number of aromatic hydroxyl groups is 3. The number of carbonyl (C=O) groups excluding carboxylic acids is 1. The van der Waals surface area contributed by atoms with Gasteiger partial charge in [-0.1, -0.05) is 0 Å². The molecule has 1 aliphatic carbocycles. The number of carbonyl (C=O) groups is 1. The summed E-state index contributed by atoms with van der Waals surface area (Å²) in [5.41, 5.74) is 2.03. The number of phenolic OH excluding ortho intramolecular Hbond substituents is 3. The first-order chi connectivity index (χ1) is 13.9. The van der Waals surface area contributed by atoms with Crippen LogP contribution in [0.1, 0.15) is 30.4 Å². The first-order valence-corrected chi connectivity index (χ1v) is 9.48. The molecule has 0 fully saturated rings. The molecule has 4 bridgehead atoms. The fraction of sp³-hybridized carbons (Fsp3) is 0.409. The van der Waals surface area contributed by atoms with Crippen LogP contribution >= 0.6 is 0 Å². The average Bonchev–Trinajstić information content (AvgIpc) is 2.72. The van der Waals surface area contributed by atoms with Crippen molar-refractivity contribution in [3.63, 3.8) is 0 Å². The molecule has 1 aliphatic rings. The van der Waals surface area contributed by atoms with Gasteiger partial charge < -0.3 is 29.5 Å². The standard InChI is InChI=1S/C22H26O7/c1-27-18-10-12-8-14(20(26)17(24)9-12)15-11-13(6-4-5-7-16(18)23)19(25)22(29-3)21(15)28-2/h8-9,11,18,24-26H,4-7,10H2,1-3H3/t18-/m0/s1. The van der Waals surface area contributed by atoms with Gasteiger partial charge in [0, 0.05) is 31.1 Å². The summed E-state index contributed by atoms with van der Waals surface area (Å²) in [6.45, 7) is 0. The molecule has 1 atom stereocenters. The minimum atomic E-state index is -0.638. The second kappa shape index (κ2) is 8.61. The van der Waals surface area contributed by atoms with Gasteiger partial charge in [-0.3, -0.25) is 4.79 Å². The number of aryl methyl sites for hydroxylation is 1. The van der Waals surface area contributed by atoms with Crippen molar-refractivity contribution in [3.05, 3.63) is 29.3 Å². The minimum Gasteiger partial charge on any atom is -0.504 e. The highest BCUT2D eigenvalue weighted by molar-refractivity contribution is 5.85. The van der Waals surface area contributed by atoms with Crippen LogP contribution in [0.4, 0.5) is 0 Å². The van der Waals surface area contributed by atoms with Crippen molar-refractivity contribution in [1.82, 2.24) is 0 Å². The summed E-state index contributed by atoms with van der Waals surface area (Å²) in [5.74, 6) is -0.290. The van der Waals surface area contributed by atoms with Crippen LogP contribution in [0.5, 0.6) is 28.7 Å². The van der Waals surface area contributed by atoms with Gasteiger partial charge in [0.2, 0.25) is 5.75 Å². The molecular formula is C22H26O7. The predicted molar refractivity (Wildman–Crippen MR) is 107 cm³/mol. The van der Waals surface area contributed by atoms with Gasteiger partial charge in [0.15, 0.2) is 28.8 Å². The van der Waals surface area contributed by atoms with E-state index < -0.39 is 6.10 Å². The average molecular weight is 402 g/mol. The van der Waals surface area contributed by atoms with E-state index in [0.717, 1.165) is 0 Å². The zero-order chi connectivity index (χ0) is 21.1. The molecule has 0 heterocycles. The molecule has 0 aliphatic heterocycles. The lowest BCUT2D eigenvalue weighted by Gasteiger charge is -2.19. The molecule has 0 spiro atoms. The molecule has 29 heavy (non-hydrogen) atoms. The van der Waals surface area contributed by atoms with Gasteiger partial charge in [-0.05, 0) is 48.6 Å². The molecule has 0 saturated carbocycles. The van der Waals surface area contributed by atoms with Gasteiger partial charge >= 0.3 is 0 Å². The zero-order valence-electron chi connectivity index (χ0n) is 16.8. The van der Waals surface area contributed by atoms with E-state index in [0.29, 0.717) is 47.9 Å². The van der Waals surface area contributed by atoms with Gasteiger partial charge in [0.05, 0.1) is 14.2 Å². The largest absolute Gasteiger partial charge is 0.504 e. The summed E-state index contributed by atoms with van der Waals surface area (Å²) in [4.78, 5) is 12.5. The number of ketones is 1. The molecule has 2 aromatic carbocycles. The van der Waals surface area contributed by atoms with Crippen LogP contribution in [-0.2, 0) is 22.4 Å². The molecule has 2 aromatic rings. The second-order valence-corrected chi connectivity index (χ2v) is 7.11. The summed E-state index contributed by atoms with van der Waals surface area (Å²) < 4.78 is 16.2. The lowest BCUT2D eigenvalue weighted by Crippen LogP contribution is -2.25. The summed E-state index contributed by atoms with van der Waals surface area (Å²) in [6.07, 6.45) is 1.82. The van der Waals surface area contributed by atoms with Crippen LogP contribution < -0.4 is 9.47 Å². The summed E-state index contributed by atoms with van der Waals surface area (Å²) in [5, 5.41) is 31.5. The molecule has 3 rings (SSSR count). The first-order valence-electron chi connectivity index (χ1n) is 9.48. The second-order valence-electron chi connectivity index (χ2n) is 7.11. The van der Waals surface area contributed by atoms with Gasteiger partial charge in [0.1, 0.15) is 6.10 Å². The molecule has 156 valence electrons. The van der Waals surface area contributed by atoms with E-state index in [2.05, 4.69) is 0 Å². The normalized spacial score (nSPS) is 17.1. The lowest BCUT2D eigenvalue weighted by atomic mass is 9.94. The Labute approximate surface area is 169 Å². The van der Waals surface area contributed by atoms with E-state index in [1.807, 2.05) is 0 Å². The van der Waals surface area contributed by atoms with Crippen LogP contribution in [0.25, 0.3) is 11.1 Å². The van der Waals surface area contributed by atoms with Gasteiger partial charge in [0.25, 0.3) is 0 Å². The van der Waals surface area contributed by atoms with Crippen LogP contribution in [0.2, 0.25) is 0 Å². The molecular weight excluding hydrogens is 376 g/mol. The highest BCUT2D eigenvalue weighted by atomic mass is 16.5. The molecule has 0 unspecified atom stereocenters. The maximum atomic E-state index is 12.5. The highest BCUT2D eigenvalue weighted by Crippen LogP contribution is 2.50.